The summed E-state index contributed by atoms with van der Waals surface area (Å²) in [5, 5.41) is 7.28. The van der Waals surface area contributed by atoms with Crippen LogP contribution in [0.15, 0.2) is 108 Å². The Bertz CT molecular complexity index is 1430. The molecule has 1 heterocycles. The molecule has 0 N–H and O–H groups in total. The van der Waals surface area contributed by atoms with E-state index in [1.807, 2.05) is 113 Å². The average molecular weight is 512 g/mol. The van der Waals surface area contributed by atoms with Gasteiger partial charge in [-0.2, -0.15) is 0 Å². The van der Waals surface area contributed by atoms with E-state index in [0.717, 1.165) is 22.5 Å². The highest BCUT2D eigenvalue weighted by Gasteiger charge is 2.41. The molecule has 0 saturated heterocycles. The molecule has 0 saturated carbocycles. The van der Waals surface area contributed by atoms with Crippen LogP contribution >= 0.6 is 11.6 Å². The Hall–Kier alpha value is -4.29. The quantitative estimate of drug-likeness (QED) is 0.259. The number of carbonyl (C=O) groups is 1. The molecule has 0 radical (unpaired) electrons. The number of para-hydroxylation sites is 3. The van der Waals surface area contributed by atoms with Crippen molar-refractivity contribution in [2.75, 3.05) is 17.0 Å². The molecule has 5 rings (SSSR count). The molecule has 186 valence electrons. The van der Waals surface area contributed by atoms with Crippen molar-refractivity contribution in [3.05, 3.63) is 119 Å². The molecule has 0 bridgehead atoms. The fraction of sp³-hybridized carbons (Fsp3) is 0.133. The Morgan fingerprint density at radius 2 is 1.51 bits per heavy atom. The van der Waals surface area contributed by atoms with Gasteiger partial charge in [0.05, 0.1) is 12.8 Å². The molecule has 1 atom stereocenters. The number of methoxy groups -OCH3 is 1. The van der Waals surface area contributed by atoms with Gasteiger partial charge >= 0.3 is 0 Å². The normalized spacial score (nSPS) is 14.9. The largest absolute Gasteiger partial charge is 0.493 e. The number of amidine groups is 1. The summed E-state index contributed by atoms with van der Waals surface area (Å²) < 4.78 is 12.1. The zero-order valence-corrected chi connectivity index (χ0v) is 21.3. The van der Waals surface area contributed by atoms with E-state index < -0.39 is 6.17 Å². The predicted molar refractivity (Wildman–Crippen MR) is 147 cm³/mol. The van der Waals surface area contributed by atoms with Crippen molar-refractivity contribution in [1.82, 2.24) is 0 Å². The molecule has 0 spiro atoms. The molecular formula is C30H26ClN3O3. The van der Waals surface area contributed by atoms with E-state index in [0.29, 0.717) is 22.4 Å². The van der Waals surface area contributed by atoms with Gasteiger partial charge in [0.2, 0.25) is 0 Å². The summed E-state index contributed by atoms with van der Waals surface area (Å²) in [5.41, 5.74) is 3.32. The van der Waals surface area contributed by atoms with Crippen molar-refractivity contribution >= 4 is 34.6 Å². The van der Waals surface area contributed by atoms with Crippen LogP contribution in [0.2, 0.25) is 5.02 Å². The Balaban J connectivity index is 1.67. The summed E-state index contributed by atoms with van der Waals surface area (Å²) in [6.07, 6.45) is -0.514. The summed E-state index contributed by atoms with van der Waals surface area (Å²) in [5.74, 6) is 1.31. The van der Waals surface area contributed by atoms with Crippen LogP contribution in [0.25, 0.3) is 0 Å². The van der Waals surface area contributed by atoms with Crippen molar-refractivity contribution in [1.29, 1.82) is 0 Å². The zero-order valence-electron chi connectivity index (χ0n) is 20.5. The topological polar surface area (TPSA) is 54.4 Å². The van der Waals surface area contributed by atoms with Gasteiger partial charge in [-0.05, 0) is 36.4 Å². The lowest BCUT2D eigenvalue weighted by atomic mass is 10.1. The van der Waals surface area contributed by atoms with E-state index >= 15 is 0 Å². The zero-order chi connectivity index (χ0) is 25.8. The van der Waals surface area contributed by atoms with Gasteiger partial charge in [0.15, 0.2) is 29.3 Å². The molecule has 7 heteroatoms. The number of ketones is 1. The Kier molecular flexibility index (Phi) is 7.10. The van der Waals surface area contributed by atoms with E-state index in [1.54, 1.807) is 7.11 Å². The molecule has 0 aliphatic carbocycles. The number of halogens is 1. The van der Waals surface area contributed by atoms with Crippen molar-refractivity contribution in [2.45, 2.75) is 19.7 Å². The molecule has 37 heavy (non-hydrogen) atoms. The average Bonchev–Trinajstić information content (AvgIpc) is 3.34. The van der Waals surface area contributed by atoms with Crippen LogP contribution in [0, 0.1) is 0 Å². The first-order chi connectivity index (χ1) is 18.1. The SMILES string of the molecule is COc1cccc([C@@H]2N(c3ccccc3)N=C(C(C)=O)N2c2ccccc2)c1OCc1ccccc1Cl. The van der Waals surface area contributed by atoms with Crippen LogP contribution in [-0.2, 0) is 11.4 Å². The highest BCUT2D eigenvalue weighted by atomic mass is 35.5. The second kappa shape index (κ2) is 10.8. The Labute approximate surface area is 221 Å². The molecular weight excluding hydrogens is 486 g/mol. The van der Waals surface area contributed by atoms with Gasteiger partial charge in [0.1, 0.15) is 6.61 Å². The van der Waals surface area contributed by atoms with Crippen molar-refractivity contribution in [3.63, 3.8) is 0 Å². The van der Waals surface area contributed by atoms with Crippen molar-refractivity contribution < 1.29 is 14.3 Å². The number of hydrogen-bond acceptors (Lipinski definition) is 6. The smallest absolute Gasteiger partial charge is 0.198 e. The number of anilines is 2. The van der Waals surface area contributed by atoms with Gasteiger partial charge in [-0.25, -0.2) is 5.01 Å². The number of rotatable bonds is 8. The van der Waals surface area contributed by atoms with Crippen LogP contribution in [0.1, 0.15) is 24.2 Å². The van der Waals surface area contributed by atoms with Gasteiger partial charge in [-0.3, -0.25) is 9.69 Å². The molecule has 1 aliphatic heterocycles. The number of ether oxygens (including phenoxy) is 2. The van der Waals surface area contributed by atoms with E-state index in [4.69, 9.17) is 26.2 Å². The van der Waals surface area contributed by atoms with Crippen LogP contribution in [0.5, 0.6) is 11.5 Å². The third kappa shape index (κ3) is 4.88. The molecule has 1 aliphatic rings. The maximum Gasteiger partial charge on any atom is 0.198 e. The third-order valence-corrected chi connectivity index (χ3v) is 6.48. The maximum absolute atomic E-state index is 12.9. The molecule has 4 aromatic rings. The Morgan fingerprint density at radius 1 is 0.865 bits per heavy atom. The lowest BCUT2D eigenvalue weighted by Gasteiger charge is -2.33. The molecule has 0 unspecified atom stereocenters. The standard InChI is InChI=1S/C30H26ClN3O3/c1-21(35)29-32-34(24-15-7-4-8-16-24)30(33(29)23-13-5-3-6-14-23)25-17-11-19-27(36-2)28(25)37-20-22-12-9-10-18-26(22)31/h3-19,30H,20H2,1-2H3/t30-/m0/s1. The summed E-state index contributed by atoms with van der Waals surface area (Å²) in [6.45, 7) is 1.78. The summed E-state index contributed by atoms with van der Waals surface area (Å²) in [6, 6.07) is 32.8. The van der Waals surface area contributed by atoms with Crippen molar-refractivity contribution in [2.24, 2.45) is 5.10 Å². The molecule has 0 aromatic heterocycles. The van der Waals surface area contributed by atoms with Crippen LogP contribution in [-0.4, -0.2) is 18.7 Å². The number of carbonyl (C=O) groups excluding carboxylic acids is 1. The van der Waals surface area contributed by atoms with Crippen LogP contribution in [0.4, 0.5) is 11.4 Å². The predicted octanol–water partition coefficient (Wildman–Crippen LogP) is 6.86. The summed E-state index contributed by atoms with van der Waals surface area (Å²) in [4.78, 5) is 14.8. The molecule has 6 nitrogen and oxygen atoms in total. The van der Waals surface area contributed by atoms with E-state index in [-0.39, 0.29) is 12.4 Å². The fourth-order valence-corrected chi connectivity index (χ4v) is 4.58. The van der Waals surface area contributed by atoms with Crippen molar-refractivity contribution in [3.8, 4) is 11.5 Å². The van der Waals surface area contributed by atoms with E-state index in [9.17, 15) is 4.79 Å². The summed E-state index contributed by atoms with van der Waals surface area (Å²) >= 11 is 6.41. The minimum absolute atomic E-state index is 0.145. The molecule has 4 aromatic carbocycles. The summed E-state index contributed by atoms with van der Waals surface area (Å²) in [7, 11) is 1.61. The van der Waals surface area contributed by atoms with Gasteiger partial charge in [0, 0.05) is 28.8 Å². The number of Topliss-reactive ketones (excluding diaryl/α,β-unsaturated/α-hetero) is 1. The lowest BCUT2D eigenvalue weighted by molar-refractivity contribution is -0.111. The fourth-order valence-electron chi connectivity index (χ4n) is 4.39. The first kappa shape index (κ1) is 24.4. The van der Waals surface area contributed by atoms with Gasteiger partial charge in [-0.1, -0.05) is 78.3 Å². The van der Waals surface area contributed by atoms with Gasteiger partial charge < -0.3 is 9.47 Å². The van der Waals surface area contributed by atoms with Gasteiger partial charge in [-0.15, -0.1) is 5.10 Å². The minimum Gasteiger partial charge on any atom is -0.493 e. The minimum atomic E-state index is -0.514. The van der Waals surface area contributed by atoms with E-state index in [2.05, 4.69) is 0 Å². The number of hydrazone groups is 1. The van der Waals surface area contributed by atoms with E-state index in [1.165, 1.54) is 6.92 Å². The number of nitrogens with zero attached hydrogens (tertiary/aromatic N) is 3. The third-order valence-electron chi connectivity index (χ3n) is 6.11. The lowest BCUT2D eigenvalue weighted by Crippen LogP contribution is -2.38. The maximum atomic E-state index is 12.9. The highest BCUT2D eigenvalue weighted by molar-refractivity contribution is 6.44. The van der Waals surface area contributed by atoms with Crippen LogP contribution < -0.4 is 19.4 Å². The second-order valence-electron chi connectivity index (χ2n) is 8.50. The first-order valence-corrected chi connectivity index (χ1v) is 12.3. The second-order valence-corrected chi connectivity index (χ2v) is 8.91. The Morgan fingerprint density at radius 3 is 2.16 bits per heavy atom. The monoisotopic (exact) mass is 511 g/mol. The first-order valence-electron chi connectivity index (χ1n) is 11.9. The highest BCUT2D eigenvalue weighted by Crippen LogP contribution is 2.45. The molecule has 0 amide bonds. The molecule has 0 fully saturated rings. The number of hydrogen-bond donors (Lipinski definition) is 0. The number of benzene rings is 4. The van der Waals surface area contributed by atoms with Crippen LogP contribution in [0.3, 0.4) is 0 Å². The van der Waals surface area contributed by atoms with Gasteiger partial charge in [0.25, 0.3) is 0 Å².